The van der Waals surface area contributed by atoms with E-state index in [2.05, 4.69) is 5.32 Å². The molecule has 1 atom stereocenters. The Morgan fingerprint density at radius 2 is 2.04 bits per heavy atom. The zero-order valence-electron chi connectivity index (χ0n) is 13.4. The third-order valence-corrected chi connectivity index (χ3v) is 5.97. The molecule has 0 radical (unpaired) electrons. The van der Waals surface area contributed by atoms with Crippen molar-refractivity contribution in [3.8, 4) is 0 Å². The lowest BCUT2D eigenvalue weighted by molar-refractivity contribution is 0.0710. The zero-order valence-corrected chi connectivity index (χ0v) is 14.3. The molecule has 1 aromatic heterocycles. The Morgan fingerprint density at radius 1 is 1.29 bits per heavy atom. The lowest BCUT2D eigenvalue weighted by Crippen LogP contribution is -2.38. The van der Waals surface area contributed by atoms with Crippen molar-refractivity contribution in [2.24, 2.45) is 0 Å². The van der Waals surface area contributed by atoms with Crippen molar-refractivity contribution in [1.29, 1.82) is 0 Å². The Labute approximate surface area is 141 Å². The molecule has 1 unspecified atom stereocenters. The number of benzene rings is 1. The summed E-state index contributed by atoms with van der Waals surface area (Å²) in [6.07, 6.45) is 2.24. The van der Waals surface area contributed by atoms with E-state index in [9.17, 15) is 13.2 Å². The highest BCUT2D eigenvalue weighted by Crippen LogP contribution is 2.22. The molecule has 1 saturated heterocycles. The molecule has 1 aliphatic heterocycles. The molecule has 1 amide bonds. The van der Waals surface area contributed by atoms with Crippen LogP contribution in [-0.4, -0.2) is 45.4 Å². The van der Waals surface area contributed by atoms with Gasteiger partial charge < -0.3 is 14.6 Å². The summed E-state index contributed by atoms with van der Waals surface area (Å²) in [7, 11) is -1.81. The molecule has 1 aromatic carbocycles. The molecule has 2 aromatic rings. The molecule has 1 aliphatic rings. The second-order valence-corrected chi connectivity index (χ2v) is 7.90. The summed E-state index contributed by atoms with van der Waals surface area (Å²) in [6, 6.07) is 9.86. The largest absolute Gasteiger partial charge is 0.459 e. The maximum Gasteiger partial charge on any atom is 0.289 e. The summed E-state index contributed by atoms with van der Waals surface area (Å²) in [5.74, 6) is -0.443. The molecule has 1 fully saturated rings. The lowest BCUT2D eigenvalue weighted by Gasteiger charge is -2.23. The predicted octanol–water partition coefficient (Wildman–Crippen LogP) is 1.69. The van der Waals surface area contributed by atoms with E-state index < -0.39 is 9.84 Å². The highest BCUT2D eigenvalue weighted by molar-refractivity contribution is 7.90. The van der Waals surface area contributed by atoms with E-state index in [4.69, 9.17) is 4.42 Å². The minimum Gasteiger partial charge on any atom is -0.459 e. The fraction of sp³-hybridized carbons (Fsp3) is 0.353. The van der Waals surface area contributed by atoms with E-state index in [0.29, 0.717) is 5.56 Å². The first-order chi connectivity index (χ1) is 11.5. The van der Waals surface area contributed by atoms with E-state index in [1.807, 2.05) is 0 Å². The van der Waals surface area contributed by atoms with E-state index >= 15 is 0 Å². The normalized spacial score (nSPS) is 17.8. The van der Waals surface area contributed by atoms with Gasteiger partial charge in [-0.3, -0.25) is 4.79 Å². The van der Waals surface area contributed by atoms with Crippen molar-refractivity contribution < 1.29 is 17.6 Å². The van der Waals surface area contributed by atoms with Crippen molar-refractivity contribution in [1.82, 2.24) is 10.2 Å². The average molecular weight is 348 g/mol. The van der Waals surface area contributed by atoms with Crippen LogP contribution < -0.4 is 5.32 Å². The number of rotatable bonds is 5. The number of amides is 1. The van der Waals surface area contributed by atoms with Gasteiger partial charge in [-0.15, -0.1) is 0 Å². The SMILES string of the molecule is CN(C(=O)c1occc1CS(=O)(=O)c1ccccc1)C1CCNC1. The molecule has 0 saturated carbocycles. The maximum atomic E-state index is 12.6. The van der Waals surface area contributed by atoms with Crippen molar-refractivity contribution in [3.05, 3.63) is 54.0 Å². The molecule has 7 heteroatoms. The van der Waals surface area contributed by atoms with Crippen LogP contribution in [0.3, 0.4) is 0 Å². The molecule has 24 heavy (non-hydrogen) atoms. The van der Waals surface area contributed by atoms with E-state index in [0.717, 1.165) is 19.5 Å². The van der Waals surface area contributed by atoms with Gasteiger partial charge in [0.15, 0.2) is 15.6 Å². The van der Waals surface area contributed by atoms with Crippen molar-refractivity contribution in [2.45, 2.75) is 23.1 Å². The second kappa shape index (κ2) is 6.78. The van der Waals surface area contributed by atoms with Gasteiger partial charge in [0.25, 0.3) is 5.91 Å². The van der Waals surface area contributed by atoms with E-state index in [-0.39, 0.29) is 28.4 Å². The Balaban J connectivity index is 1.81. The lowest BCUT2D eigenvalue weighted by atomic mass is 10.2. The minimum absolute atomic E-state index is 0.0983. The van der Waals surface area contributed by atoms with Crippen LogP contribution in [0.2, 0.25) is 0 Å². The third-order valence-electron chi connectivity index (χ3n) is 4.29. The van der Waals surface area contributed by atoms with Gasteiger partial charge in [-0.1, -0.05) is 18.2 Å². The molecular weight excluding hydrogens is 328 g/mol. The van der Waals surface area contributed by atoms with Gasteiger partial charge in [0.2, 0.25) is 0 Å². The summed E-state index contributed by atoms with van der Waals surface area (Å²) in [4.78, 5) is 14.5. The molecule has 1 N–H and O–H groups in total. The van der Waals surface area contributed by atoms with Crippen LogP contribution in [0.4, 0.5) is 0 Å². The monoisotopic (exact) mass is 348 g/mol. The van der Waals surface area contributed by atoms with Gasteiger partial charge in [-0.25, -0.2) is 8.42 Å². The van der Waals surface area contributed by atoms with Gasteiger partial charge in [-0.2, -0.15) is 0 Å². The van der Waals surface area contributed by atoms with Crippen molar-refractivity contribution in [2.75, 3.05) is 20.1 Å². The van der Waals surface area contributed by atoms with Gasteiger partial charge in [-0.05, 0) is 31.2 Å². The molecule has 3 rings (SSSR count). The van der Waals surface area contributed by atoms with Crippen LogP contribution in [0.25, 0.3) is 0 Å². The Morgan fingerprint density at radius 3 is 2.71 bits per heavy atom. The van der Waals surface area contributed by atoms with Crippen LogP contribution >= 0.6 is 0 Å². The van der Waals surface area contributed by atoms with Crippen LogP contribution in [0.5, 0.6) is 0 Å². The number of likely N-dealkylation sites (N-methyl/N-ethyl adjacent to an activating group) is 1. The first-order valence-electron chi connectivity index (χ1n) is 7.81. The number of carbonyl (C=O) groups is 1. The summed E-state index contributed by atoms with van der Waals surface area (Å²) >= 11 is 0. The highest BCUT2D eigenvalue weighted by atomic mass is 32.2. The van der Waals surface area contributed by atoms with Gasteiger partial charge in [0.05, 0.1) is 16.9 Å². The van der Waals surface area contributed by atoms with Gasteiger partial charge in [0, 0.05) is 25.2 Å². The first-order valence-corrected chi connectivity index (χ1v) is 9.46. The topological polar surface area (TPSA) is 79.6 Å². The van der Waals surface area contributed by atoms with Crippen molar-refractivity contribution >= 4 is 15.7 Å². The minimum atomic E-state index is -3.53. The summed E-state index contributed by atoms with van der Waals surface area (Å²) in [5.41, 5.74) is 0.390. The maximum absolute atomic E-state index is 12.6. The van der Waals surface area contributed by atoms with Crippen LogP contribution in [0.15, 0.2) is 52.0 Å². The first kappa shape index (κ1) is 16.7. The number of carbonyl (C=O) groups excluding carboxylic acids is 1. The molecule has 6 nitrogen and oxygen atoms in total. The number of hydrogen-bond donors (Lipinski definition) is 1. The molecule has 2 heterocycles. The zero-order chi connectivity index (χ0) is 17.2. The molecule has 0 spiro atoms. The number of sulfone groups is 1. The number of hydrogen-bond acceptors (Lipinski definition) is 5. The van der Waals surface area contributed by atoms with Gasteiger partial charge in [0.1, 0.15) is 0 Å². The Bertz CT molecular complexity index is 808. The third kappa shape index (κ3) is 3.37. The van der Waals surface area contributed by atoms with Gasteiger partial charge >= 0.3 is 0 Å². The number of furan rings is 1. The Hall–Kier alpha value is -2.12. The summed E-state index contributed by atoms with van der Waals surface area (Å²) < 4.78 is 30.4. The average Bonchev–Trinajstić information content (AvgIpc) is 3.25. The molecule has 0 bridgehead atoms. The molecule has 0 aliphatic carbocycles. The Kier molecular flexibility index (Phi) is 4.73. The second-order valence-electron chi connectivity index (χ2n) is 5.91. The van der Waals surface area contributed by atoms with Crippen LogP contribution in [-0.2, 0) is 15.6 Å². The highest BCUT2D eigenvalue weighted by Gasteiger charge is 2.29. The standard InChI is InChI=1S/C17H20N2O4S/c1-19(14-7-9-18-11-14)17(20)16-13(8-10-23-16)12-24(21,22)15-5-3-2-4-6-15/h2-6,8,10,14,18H,7,9,11-12H2,1H3. The quantitative estimate of drug-likeness (QED) is 0.889. The van der Waals surface area contributed by atoms with E-state index in [1.165, 1.54) is 6.26 Å². The van der Waals surface area contributed by atoms with Crippen molar-refractivity contribution in [3.63, 3.8) is 0 Å². The summed E-state index contributed by atoms with van der Waals surface area (Å²) in [6.45, 7) is 1.61. The van der Waals surface area contributed by atoms with Crippen LogP contribution in [0.1, 0.15) is 22.5 Å². The van der Waals surface area contributed by atoms with Crippen LogP contribution in [0, 0.1) is 0 Å². The molecular formula is C17H20N2O4S. The predicted molar refractivity (Wildman–Crippen MR) is 89.4 cm³/mol. The number of nitrogens with zero attached hydrogens (tertiary/aromatic N) is 1. The summed E-state index contributed by atoms with van der Waals surface area (Å²) in [5, 5.41) is 3.21. The number of nitrogens with one attached hydrogen (secondary N) is 1. The smallest absolute Gasteiger partial charge is 0.289 e. The van der Waals surface area contributed by atoms with E-state index in [1.54, 1.807) is 48.3 Å². The fourth-order valence-electron chi connectivity index (χ4n) is 2.85. The fourth-order valence-corrected chi connectivity index (χ4v) is 4.22. The molecule has 128 valence electrons.